The van der Waals surface area contributed by atoms with E-state index in [1.54, 1.807) is 22.8 Å². The summed E-state index contributed by atoms with van der Waals surface area (Å²) >= 11 is 0. The number of likely N-dealkylation sites (tertiary alicyclic amines) is 1. The Morgan fingerprint density at radius 1 is 1.05 bits per heavy atom. The minimum atomic E-state index is -0.782. The number of carbonyl (C=O) groups is 2. The molecule has 2 fully saturated rings. The van der Waals surface area contributed by atoms with Crippen LogP contribution in [0.5, 0.6) is 5.75 Å². The number of rotatable bonds is 8. The molecule has 1 amide bonds. The van der Waals surface area contributed by atoms with Gasteiger partial charge in [-0.3, -0.25) is 14.5 Å². The molecule has 3 aromatic rings. The molecule has 0 saturated carbocycles. The standard InChI is InChI=1S/C29H32N4O5/c1-20-23(19-30-33(20)21-9-4-3-5-10-21)27(34)25-26(22-11-6-7-12-24(22)37-2)32(29(36)28(25)35)14-8-13-31-15-17-38-18-16-31/h3-7,9-12,19,26,34H,8,13-18H2,1-2H3/t26-/m1/s1. The number of carbonyl (C=O) groups excluding carboxylic acids is 2. The molecule has 0 bridgehead atoms. The molecule has 2 saturated heterocycles. The Labute approximate surface area is 221 Å². The Bertz CT molecular complexity index is 1340. The lowest BCUT2D eigenvalue weighted by Crippen LogP contribution is -2.39. The number of ether oxygens (including phenoxy) is 2. The topological polar surface area (TPSA) is 97.1 Å². The summed E-state index contributed by atoms with van der Waals surface area (Å²) in [6, 6.07) is 16.1. The number of morpholine rings is 1. The first-order valence-electron chi connectivity index (χ1n) is 12.8. The van der Waals surface area contributed by atoms with E-state index in [1.165, 1.54) is 6.20 Å². The lowest BCUT2D eigenvalue weighted by molar-refractivity contribution is -0.140. The van der Waals surface area contributed by atoms with Crippen LogP contribution in [0, 0.1) is 6.92 Å². The Kier molecular flexibility index (Phi) is 7.57. The van der Waals surface area contributed by atoms with Crippen molar-refractivity contribution in [3.05, 3.63) is 83.2 Å². The van der Waals surface area contributed by atoms with Crippen LogP contribution in [0.1, 0.15) is 29.3 Å². The number of hydrogen-bond donors (Lipinski definition) is 1. The Morgan fingerprint density at radius 3 is 2.50 bits per heavy atom. The van der Waals surface area contributed by atoms with E-state index in [2.05, 4.69) is 10.00 Å². The first kappa shape index (κ1) is 25.7. The third-order valence-electron chi connectivity index (χ3n) is 7.22. The van der Waals surface area contributed by atoms with E-state index in [1.807, 2.05) is 55.5 Å². The molecule has 3 heterocycles. The van der Waals surface area contributed by atoms with Gasteiger partial charge in [-0.05, 0) is 31.5 Å². The molecule has 2 aliphatic heterocycles. The summed E-state index contributed by atoms with van der Waals surface area (Å²) in [6.45, 7) is 6.06. The Hall–Kier alpha value is -3.95. The summed E-state index contributed by atoms with van der Waals surface area (Å²) in [5.74, 6) is -1.04. The number of ketones is 1. The fourth-order valence-electron chi connectivity index (χ4n) is 5.23. The highest BCUT2D eigenvalue weighted by molar-refractivity contribution is 6.46. The second-order valence-corrected chi connectivity index (χ2v) is 9.43. The van der Waals surface area contributed by atoms with Crippen molar-refractivity contribution in [2.75, 3.05) is 46.5 Å². The number of aliphatic hydroxyl groups is 1. The zero-order valence-corrected chi connectivity index (χ0v) is 21.7. The molecule has 1 atom stereocenters. The van der Waals surface area contributed by atoms with Crippen LogP contribution in [-0.4, -0.2) is 82.9 Å². The van der Waals surface area contributed by atoms with Crippen LogP contribution >= 0.6 is 0 Å². The number of hydrogen-bond acceptors (Lipinski definition) is 7. The minimum absolute atomic E-state index is 0.0431. The smallest absolute Gasteiger partial charge is 0.295 e. The maximum atomic E-state index is 13.5. The van der Waals surface area contributed by atoms with Crippen molar-refractivity contribution in [3.8, 4) is 11.4 Å². The second kappa shape index (κ2) is 11.2. The van der Waals surface area contributed by atoms with Crippen molar-refractivity contribution in [1.82, 2.24) is 19.6 Å². The van der Waals surface area contributed by atoms with Crippen LogP contribution in [0.15, 0.2) is 66.4 Å². The average Bonchev–Trinajstić information content (AvgIpc) is 3.46. The number of benzene rings is 2. The van der Waals surface area contributed by atoms with Gasteiger partial charge >= 0.3 is 0 Å². The summed E-state index contributed by atoms with van der Waals surface area (Å²) in [5.41, 5.74) is 2.58. The molecule has 0 radical (unpaired) electrons. The summed E-state index contributed by atoms with van der Waals surface area (Å²) in [5, 5.41) is 16.0. The van der Waals surface area contributed by atoms with Gasteiger partial charge in [-0.15, -0.1) is 0 Å². The molecule has 2 aliphatic rings. The first-order chi connectivity index (χ1) is 18.5. The molecular weight excluding hydrogens is 484 g/mol. The van der Waals surface area contributed by atoms with Gasteiger partial charge in [0, 0.05) is 31.7 Å². The lowest BCUT2D eigenvalue weighted by Gasteiger charge is -2.29. The van der Waals surface area contributed by atoms with Gasteiger partial charge in [-0.2, -0.15) is 5.10 Å². The summed E-state index contributed by atoms with van der Waals surface area (Å²) in [4.78, 5) is 30.7. The number of aromatic nitrogens is 2. The lowest BCUT2D eigenvalue weighted by atomic mass is 9.94. The monoisotopic (exact) mass is 516 g/mol. The largest absolute Gasteiger partial charge is 0.507 e. The maximum Gasteiger partial charge on any atom is 0.295 e. The van der Waals surface area contributed by atoms with Crippen molar-refractivity contribution in [3.63, 3.8) is 0 Å². The fourth-order valence-corrected chi connectivity index (χ4v) is 5.23. The SMILES string of the molecule is COc1ccccc1[C@@H]1C(=C(O)c2cnn(-c3ccccc3)c2C)C(=O)C(=O)N1CCCN1CCOCC1. The third kappa shape index (κ3) is 4.82. The first-order valence-corrected chi connectivity index (χ1v) is 12.8. The fraction of sp³-hybridized carbons (Fsp3) is 0.345. The molecule has 1 N–H and O–H groups in total. The predicted octanol–water partition coefficient (Wildman–Crippen LogP) is 3.33. The third-order valence-corrected chi connectivity index (χ3v) is 7.22. The minimum Gasteiger partial charge on any atom is -0.507 e. The highest BCUT2D eigenvalue weighted by atomic mass is 16.5. The zero-order valence-electron chi connectivity index (χ0n) is 21.7. The van der Waals surface area contributed by atoms with Crippen molar-refractivity contribution in [2.45, 2.75) is 19.4 Å². The van der Waals surface area contributed by atoms with Crippen LogP contribution in [-0.2, 0) is 14.3 Å². The van der Waals surface area contributed by atoms with Gasteiger partial charge < -0.3 is 19.5 Å². The molecular formula is C29H32N4O5. The van der Waals surface area contributed by atoms with E-state index < -0.39 is 17.7 Å². The van der Waals surface area contributed by atoms with Gasteiger partial charge in [0.15, 0.2) is 0 Å². The van der Waals surface area contributed by atoms with Crippen LogP contribution in [0.25, 0.3) is 11.4 Å². The number of amides is 1. The van der Waals surface area contributed by atoms with E-state index >= 15 is 0 Å². The summed E-state index contributed by atoms with van der Waals surface area (Å²) in [6.07, 6.45) is 2.21. The van der Waals surface area contributed by atoms with E-state index in [9.17, 15) is 14.7 Å². The molecule has 198 valence electrons. The molecule has 5 rings (SSSR count). The zero-order chi connectivity index (χ0) is 26.6. The average molecular weight is 517 g/mol. The van der Waals surface area contributed by atoms with Crippen LogP contribution in [0.4, 0.5) is 0 Å². The molecule has 0 spiro atoms. The number of para-hydroxylation sites is 2. The van der Waals surface area contributed by atoms with Gasteiger partial charge in [-0.1, -0.05) is 36.4 Å². The van der Waals surface area contributed by atoms with E-state index in [4.69, 9.17) is 9.47 Å². The second-order valence-electron chi connectivity index (χ2n) is 9.43. The van der Waals surface area contributed by atoms with E-state index in [-0.39, 0.29) is 11.3 Å². The number of nitrogens with zero attached hydrogens (tertiary/aromatic N) is 4. The highest BCUT2D eigenvalue weighted by Gasteiger charge is 2.47. The molecule has 2 aromatic carbocycles. The Morgan fingerprint density at radius 2 is 1.76 bits per heavy atom. The van der Waals surface area contributed by atoms with Crippen LogP contribution in [0.2, 0.25) is 0 Å². The van der Waals surface area contributed by atoms with Crippen molar-refractivity contribution in [2.24, 2.45) is 0 Å². The van der Waals surface area contributed by atoms with Gasteiger partial charge in [0.05, 0.1) is 55.1 Å². The molecule has 9 nitrogen and oxygen atoms in total. The highest BCUT2D eigenvalue weighted by Crippen LogP contribution is 2.43. The van der Waals surface area contributed by atoms with Gasteiger partial charge in [0.1, 0.15) is 11.5 Å². The number of aliphatic hydroxyl groups excluding tert-OH is 1. The summed E-state index contributed by atoms with van der Waals surface area (Å²) < 4.78 is 12.7. The number of methoxy groups -OCH3 is 1. The molecule has 0 unspecified atom stereocenters. The molecule has 38 heavy (non-hydrogen) atoms. The van der Waals surface area contributed by atoms with E-state index in [0.717, 1.165) is 25.3 Å². The van der Waals surface area contributed by atoms with Crippen molar-refractivity contribution >= 4 is 17.4 Å². The molecule has 0 aliphatic carbocycles. The Balaban J connectivity index is 1.54. The maximum absolute atomic E-state index is 13.5. The summed E-state index contributed by atoms with van der Waals surface area (Å²) in [7, 11) is 1.55. The van der Waals surface area contributed by atoms with Crippen molar-refractivity contribution in [1.29, 1.82) is 0 Å². The molecule has 9 heteroatoms. The quantitative estimate of drug-likeness (QED) is 0.279. The predicted molar refractivity (Wildman–Crippen MR) is 142 cm³/mol. The van der Waals surface area contributed by atoms with Crippen LogP contribution in [0.3, 0.4) is 0 Å². The van der Waals surface area contributed by atoms with Gasteiger partial charge in [0.25, 0.3) is 11.7 Å². The van der Waals surface area contributed by atoms with Gasteiger partial charge in [0.2, 0.25) is 0 Å². The normalized spacial score (nSPS) is 19.7. The number of Topliss-reactive ketones (excluding diaryl/α,β-unsaturated/α-hetero) is 1. The van der Waals surface area contributed by atoms with Crippen molar-refractivity contribution < 1.29 is 24.2 Å². The molecule has 1 aromatic heterocycles. The van der Waals surface area contributed by atoms with E-state index in [0.29, 0.717) is 48.7 Å². The van der Waals surface area contributed by atoms with Gasteiger partial charge in [-0.25, -0.2) is 4.68 Å². The van der Waals surface area contributed by atoms with Crippen LogP contribution < -0.4 is 4.74 Å².